The van der Waals surface area contributed by atoms with E-state index in [0.29, 0.717) is 53.0 Å². The molecule has 37 heavy (non-hydrogen) atoms. The summed E-state index contributed by atoms with van der Waals surface area (Å²) in [7, 11) is 3.03. The van der Waals surface area contributed by atoms with Crippen molar-refractivity contribution in [2.45, 2.75) is 19.9 Å². The molecule has 3 aromatic carbocycles. The summed E-state index contributed by atoms with van der Waals surface area (Å²) in [6, 6.07) is 17.9. The summed E-state index contributed by atoms with van der Waals surface area (Å²) in [4.78, 5) is 28.2. The lowest BCUT2D eigenvalue weighted by Gasteiger charge is -2.26. The number of ether oxygens (including phenoxy) is 4. The van der Waals surface area contributed by atoms with Crippen LogP contribution in [0.25, 0.3) is 5.76 Å². The van der Waals surface area contributed by atoms with E-state index in [1.807, 2.05) is 13.8 Å². The number of rotatable bonds is 9. The van der Waals surface area contributed by atoms with E-state index in [2.05, 4.69) is 0 Å². The van der Waals surface area contributed by atoms with Crippen LogP contribution in [-0.2, 0) is 9.59 Å². The Balaban J connectivity index is 1.91. The SMILES string of the molecule is CCOc1ccc(N2C(=O)C(=O)/C(=C(\O)c3cccc(OCC)c3)C2c2ccc(OC)c(OC)c2)cc1. The van der Waals surface area contributed by atoms with Gasteiger partial charge in [0.05, 0.1) is 39.0 Å². The Bertz CT molecular complexity index is 1330. The maximum absolute atomic E-state index is 13.4. The summed E-state index contributed by atoms with van der Waals surface area (Å²) in [5, 5.41) is 11.4. The van der Waals surface area contributed by atoms with E-state index in [-0.39, 0.29) is 11.3 Å². The number of benzene rings is 3. The Morgan fingerprint density at radius 1 is 0.838 bits per heavy atom. The highest BCUT2D eigenvalue weighted by molar-refractivity contribution is 6.51. The highest BCUT2D eigenvalue weighted by Gasteiger charge is 2.47. The monoisotopic (exact) mass is 503 g/mol. The van der Waals surface area contributed by atoms with Crippen molar-refractivity contribution in [2.24, 2.45) is 0 Å². The largest absolute Gasteiger partial charge is 0.507 e. The van der Waals surface area contributed by atoms with Gasteiger partial charge >= 0.3 is 0 Å². The summed E-state index contributed by atoms with van der Waals surface area (Å²) in [5.74, 6) is 0.241. The lowest BCUT2D eigenvalue weighted by atomic mass is 9.94. The van der Waals surface area contributed by atoms with Gasteiger partial charge in [0.2, 0.25) is 0 Å². The van der Waals surface area contributed by atoms with Crippen LogP contribution in [0.2, 0.25) is 0 Å². The van der Waals surface area contributed by atoms with E-state index in [4.69, 9.17) is 18.9 Å². The van der Waals surface area contributed by atoms with Crippen LogP contribution in [0.1, 0.15) is 31.0 Å². The summed E-state index contributed by atoms with van der Waals surface area (Å²) in [5.41, 5.74) is 1.36. The topological polar surface area (TPSA) is 94.5 Å². The molecule has 1 saturated heterocycles. The van der Waals surface area contributed by atoms with Gasteiger partial charge in [0.15, 0.2) is 11.5 Å². The molecular weight excluding hydrogens is 474 g/mol. The fourth-order valence-corrected chi connectivity index (χ4v) is 4.36. The van der Waals surface area contributed by atoms with Gasteiger partial charge in [-0.3, -0.25) is 14.5 Å². The number of aliphatic hydroxyl groups excluding tert-OH is 1. The van der Waals surface area contributed by atoms with Crippen LogP contribution in [0, 0.1) is 0 Å². The molecule has 8 heteroatoms. The first-order valence-electron chi connectivity index (χ1n) is 11.9. The minimum atomic E-state index is -0.923. The minimum Gasteiger partial charge on any atom is -0.507 e. The molecule has 0 aliphatic carbocycles. The molecule has 192 valence electrons. The smallest absolute Gasteiger partial charge is 0.300 e. The molecule has 1 amide bonds. The average Bonchev–Trinajstić information content (AvgIpc) is 3.19. The van der Waals surface area contributed by atoms with Crippen molar-refractivity contribution in [1.29, 1.82) is 0 Å². The molecule has 0 saturated carbocycles. The predicted octanol–water partition coefficient (Wildman–Crippen LogP) is 5.13. The van der Waals surface area contributed by atoms with Crippen LogP contribution in [0.4, 0.5) is 5.69 Å². The fraction of sp³-hybridized carbons (Fsp3) is 0.241. The standard InChI is InChI=1S/C29H29NO7/c1-5-36-21-13-11-20(12-14-21)30-26(18-10-15-23(34-3)24(17-18)35-4)25(28(32)29(30)33)27(31)19-8-7-9-22(16-19)37-6-2/h7-17,26,31H,5-6H2,1-4H3/b27-25-. The third-order valence-electron chi connectivity index (χ3n) is 6.01. The van der Waals surface area contributed by atoms with E-state index in [1.165, 1.54) is 19.1 Å². The predicted molar refractivity (Wildman–Crippen MR) is 140 cm³/mol. The summed E-state index contributed by atoms with van der Waals surface area (Å²) in [6.07, 6.45) is 0. The number of hydrogen-bond acceptors (Lipinski definition) is 7. The van der Waals surface area contributed by atoms with Gasteiger partial charge in [-0.05, 0) is 67.9 Å². The second-order valence-electron chi connectivity index (χ2n) is 8.17. The van der Waals surface area contributed by atoms with Gasteiger partial charge in [-0.1, -0.05) is 18.2 Å². The minimum absolute atomic E-state index is 0.0419. The first-order chi connectivity index (χ1) is 17.9. The van der Waals surface area contributed by atoms with Gasteiger partial charge in [0.1, 0.15) is 17.3 Å². The molecule has 0 spiro atoms. The molecule has 1 heterocycles. The zero-order valence-electron chi connectivity index (χ0n) is 21.2. The number of amides is 1. The van der Waals surface area contributed by atoms with E-state index >= 15 is 0 Å². The maximum atomic E-state index is 13.4. The van der Waals surface area contributed by atoms with Crippen LogP contribution in [0.3, 0.4) is 0 Å². The van der Waals surface area contributed by atoms with Crippen LogP contribution >= 0.6 is 0 Å². The van der Waals surface area contributed by atoms with Crippen LogP contribution < -0.4 is 23.8 Å². The maximum Gasteiger partial charge on any atom is 0.300 e. The normalized spacial score (nSPS) is 16.5. The van der Waals surface area contributed by atoms with Crippen molar-refractivity contribution in [2.75, 3.05) is 32.3 Å². The first-order valence-corrected chi connectivity index (χ1v) is 11.9. The third kappa shape index (κ3) is 4.95. The van der Waals surface area contributed by atoms with E-state index in [9.17, 15) is 14.7 Å². The molecule has 0 bridgehead atoms. The second-order valence-corrected chi connectivity index (χ2v) is 8.17. The molecular formula is C29H29NO7. The zero-order valence-corrected chi connectivity index (χ0v) is 21.2. The number of anilines is 1. The molecule has 0 aromatic heterocycles. The highest BCUT2D eigenvalue weighted by atomic mass is 16.5. The van der Waals surface area contributed by atoms with Gasteiger partial charge in [-0.25, -0.2) is 0 Å². The summed E-state index contributed by atoms with van der Waals surface area (Å²) >= 11 is 0. The number of nitrogens with zero attached hydrogens (tertiary/aromatic N) is 1. The number of hydrogen-bond donors (Lipinski definition) is 1. The average molecular weight is 504 g/mol. The number of methoxy groups -OCH3 is 2. The lowest BCUT2D eigenvalue weighted by Crippen LogP contribution is -2.29. The highest BCUT2D eigenvalue weighted by Crippen LogP contribution is 2.44. The number of aliphatic hydroxyl groups is 1. The summed E-state index contributed by atoms with van der Waals surface area (Å²) in [6.45, 7) is 4.67. The number of ketones is 1. The molecule has 1 unspecified atom stereocenters. The molecule has 4 rings (SSSR count). The number of carbonyl (C=O) groups is 2. The molecule has 0 radical (unpaired) electrons. The van der Waals surface area contributed by atoms with E-state index < -0.39 is 17.7 Å². The quantitative estimate of drug-likeness (QED) is 0.246. The van der Waals surface area contributed by atoms with Crippen molar-refractivity contribution >= 4 is 23.1 Å². The second kappa shape index (κ2) is 11.1. The number of carbonyl (C=O) groups excluding carboxylic acids is 2. The zero-order chi connectivity index (χ0) is 26.5. The third-order valence-corrected chi connectivity index (χ3v) is 6.01. The Labute approximate surface area is 215 Å². The fourth-order valence-electron chi connectivity index (χ4n) is 4.36. The van der Waals surface area contributed by atoms with Gasteiger partial charge in [0, 0.05) is 11.3 Å². The first kappa shape index (κ1) is 25.6. The Kier molecular flexibility index (Phi) is 7.67. The molecule has 1 aliphatic rings. The van der Waals surface area contributed by atoms with Gasteiger partial charge in [-0.15, -0.1) is 0 Å². The summed E-state index contributed by atoms with van der Waals surface area (Å²) < 4.78 is 21.9. The van der Waals surface area contributed by atoms with Gasteiger partial charge in [-0.2, -0.15) is 0 Å². The van der Waals surface area contributed by atoms with Crippen molar-refractivity contribution < 1.29 is 33.6 Å². The Hall–Kier alpha value is -4.46. The molecule has 1 fully saturated rings. The van der Waals surface area contributed by atoms with Gasteiger partial charge in [0.25, 0.3) is 11.7 Å². The molecule has 1 N–H and O–H groups in total. The lowest BCUT2D eigenvalue weighted by molar-refractivity contribution is -0.132. The van der Waals surface area contributed by atoms with Crippen molar-refractivity contribution in [3.8, 4) is 23.0 Å². The Morgan fingerprint density at radius 3 is 2.16 bits per heavy atom. The van der Waals surface area contributed by atoms with Crippen molar-refractivity contribution in [1.82, 2.24) is 0 Å². The van der Waals surface area contributed by atoms with Crippen molar-refractivity contribution in [3.63, 3.8) is 0 Å². The van der Waals surface area contributed by atoms with Gasteiger partial charge < -0.3 is 24.1 Å². The molecule has 1 aliphatic heterocycles. The molecule has 1 atom stereocenters. The molecule has 8 nitrogen and oxygen atoms in total. The Morgan fingerprint density at radius 2 is 1.51 bits per heavy atom. The number of Topliss-reactive ketones (excluding diaryl/α,β-unsaturated/α-hetero) is 1. The van der Waals surface area contributed by atoms with Crippen LogP contribution in [0.15, 0.2) is 72.3 Å². The van der Waals surface area contributed by atoms with Crippen molar-refractivity contribution in [3.05, 3.63) is 83.4 Å². The van der Waals surface area contributed by atoms with Crippen LogP contribution in [-0.4, -0.2) is 44.2 Å². The van der Waals surface area contributed by atoms with E-state index in [1.54, 1.807) is 66.7 Å². The molecule has 3 aromatic rings. The van der Waals surface area contributed by atoms with Crippen LogP contribution in [0.5, 0.6) is 23.0 Å². The van der Waals surface area contributed by atoms with E-state index in [0.717, 1.165) is 0 Å².